The van der Waals surface area contributed by atoms with Crippen LogP contribution in [-0.2, 0) is 24.4 Å². The van der Waals surface area contributed by atoms with Crippen LogP contribution < -0.4 is 14.2 Å². The van der Waals surface area contributed by atoms with Crippen molar-refractivity contribution in [3.8, 4) is 28.5 Å². The Labute approximate surface area is 320 Å². The van der Waals surface area contributed by atoms with Gasteiger partial charge < -0.3 is 24.2 Å². The summed E-state index contributed by atoms with van der Waals surface area (Å²) in [6.07, 6.45) is -3.39. The third-order valence-corrected chi connectivity index (χ3v) is 11.3. The van der Waals surface area contributed by atoms with Crippen molar-refractivity contribution in [2.45, 2.75) is 38.8 Å². The number of para-hydroxylation sites is 1. The quantitative estimate of drug-likeness (QED) is 0.118. The van der Waals surface area contributed by atoms with E-state index in [0.717, 1.165) is 57.0 Å². The smallest absolute Gasteiger partial charge is 0.408 e. The molecule has 3 aromatic heterocycles. The molecule has 0 aliphatic carbocycles. The van der Waals surface area contributed by atoms with Crippen molar-refractivity contribution in [3.05, 3.63) is 79.7 Å². The molecule has 0 bridgehead atoms. The largest absolute Gasteiger partial charge is 0.491 e. The standard InChI is InChI=1S/C35H35ClF3IN6O5S/c1-21-24(7-8-26(30(21)36)49-16-15-45-13-11-44(2)12-14-45)28-29-32(41-20-42-33(29)52-31(28)40)51-27(34(47)48)17-22-5-3-4-6-25(22)50-18-23-9-10-43-46(23)19-35(37,38)39/h3-10,20,27H,11-19H2,1-2H3,(H,47,48)/t27-/m1/s1. The van der Waals surface area contributed by atoms with Gasteiger partial charge in [0, 0.05) is 50.9 Å². The molecule has 0 amide bonds. The van der Waals surface area contributed by atoms with Gasteiger partial charge in [-0.3, -0.25) is 9.58 Å². The van der Waals surface area contributed by atoms with Gasteiger partial charge in [0.2, 0.25) is 12.0 Å². The summed E-state index contributed by atoms with van der Waals surface area (Å²) in [4.78, 5) is 26.7. The fraction of sp³-hybridized carbons (Fsp3) is 0.371. The summed E-state index contributed by atoms with van der Waals surface area (Å²) in [5.74, 6) is -0.277. The van der Waals surface area contributed by atoms with Gasteiger partial charge in [0.05, 0.1) is 19.0 Å². The van der Waals surface area contributed by atoms with Crippen LogP contribution in [0.3, 0.4) is 0 Å². The number of fused-ring (bicyclic) bond motifs is 1. The molecule has 1 atom stereocenters. The van der Waals surface area contributed by atoms with Crippen LogP contribution in [0.5, 0.6) is 17.4 Å². The van der Waals surface area contributed by atoms with Crippen LogP contribution in [0.15, 0.2) is 55.0 Å². The zero-order valence-electron chi connectivity index (χ0n) is 28.2. The van der Waals surface area contributed by atoms with E-state index in [1.54, 1.807) is 24.3 Å². The maximum Gasteiger partial charge on any atom is 0.408 e. The molecule has 0 unspecified atom stereocenters. The Balaban J connectivity index is 1.21. The van der Waals surface area contributed by atoms with Crippen molar-refractivity contribution in [3.63, 3.8) is 0 Å². The van der Waals surface area contributed by atoms with Crippen LogP contribution in [-0.4, -0.2) is 99.3 Å². The first-order valence-electron chi connectivity index (χ1n) is 16.3. The fourth-order valence-corrected chi connectivity index (χ4v) is 8.16. The topological polar surface area (TPSA) is 115 Å². The molecule has 1 N–H and O–H groups in total. The molecule has 5 aromatic rings. The number of piperazine rings is 1. The van der Waals surface area contributed by atoms with Gasteiger partial charge in [-0.1, -0.05) is 35.9 Å². The number of alkyl halides is 3. The van der Waals surface area contributed by atoms with Gasteiger partial charge in [-0.2, -0.15) is 18.3 Å². The van der Waals surface area contributed by atoms with Gasteiger partial charge >= 0.3 is 12.1 Å². The van der Waals surface area contributed by atoms with E-state index < -0.39 is 24.8 Å². The van der Waals surface area contributed by atoms with Crippen molar-refractivity contribution < 1.29 is 37.3 Å². The number of nitrogens with zero attached hydrogens (tertiary/aromatic N) is 6. The molecule has 0 spiro atoms. The minimum atomic E-state index is -4.45. The number of rotatable bonds is 14. The zero-order valence-corrected chi connectivity index (χ0v) is 31.9. The lowest BCUT2D eigenvalue weighted by atomic mass is 10.0. The highest BCUT2D eigenvalue weighted by atomic mass is 127. The Morgan fingerprint density at radius 2 is 1.85 bits per heavy atom. The summed E-state index contributed by atoms with van der Waals surface area (Å²) in [5, 5.41) is 15.1. The number of ether oxygens (including phenoxy) is 3. The first kappa shape index (κ1) is 38.0. The summed E-state index contributed by atoms with van der Waals surface area (Å²) in [6, 6.07) is 11.9. The first-order chi connectivity index (χ1) is 24.9. The molecule has 17 heteroatoms. The van der Waals surface area contributed by atoms with Crippen molar-refractivity contribution in [1.82, 2.24) is 29.5 Å². The maximum atomic E-state index is 13.0. The lowest BCUT2D eigenvalue weighted by Crippen LogP contribution is -2.45. The molecule has 1 fully saturated rings. The average Bonchev–Trinajstić information content (AvgIpc) is 3.68. The second-order valence-corrected chi connectivity index (χ2v) is 15.5. The molecule has 52 heavy (non-hydrogen) atoms. The predicted molar refractivity (Wildman–Crippen MR) is 200 cm³/mol. The van der Waals surface area contributed by atoms with Crippen LogP contribution in [0.25, 0.3) is 21.3 Å². The SMILES string of the molecule is Cc1c(-c2c(I)sc3ncnc(O[C@H](Cc4ccccc4OCc4ccnn4CC(F)(F)F)C(=O)O)c23)ccc(OCCN2CCN(C)CC2)c1Cl. The van der Waals surface area contributed by atoms with Gasteiger partial charge in [-0.05, 0) is 71.5 Å². The number of hydrogen-bond acceptors (Lipinski definition) is 10. The van der Waals surface area contributed by atoms with Crippen molar-refractivity contribution in [2.75, 3.05) is 46.4 Å². The van der Waals surface area contributed by atoms with Gasteiger partial charge in [0.15, 0.2) is 0 Å². The molecule has 11 nitrogen and oxygen atoms in total. The van der Waals surface area contributed by atoms with E-state index in [0.29, 0.717) is 38.9 Å². The number of thiophene rings is 1. The van der Waals surface area contributed by atoms with Crippen molar-refractivity contribution in [1.29, 1.82) is 0 Å². The lowest BCUT2D eigenvalue weighted by molar-refractivity contribution is -0.145. The third kappa shape index (κ3) is 9.07. The minimum Gasteiger partial charge on any atom is -0.491 e. The molecular formula is C35H35ClF3IN6O5S. The summed E-state index contributed by atoms with van der Waals surface area (Å²) in [7, 11) is 2.12. The molecule has 276 valence electrons. The highest BCUT2D eigenvalue weighted by molar-refractivity contribution is 14.1. The molecule has 0 radical (unpaired) electrons. The van der Waals surface area contributed by atoms with E-state index >= 15 is 0 Å². The van der Waals surface area contributed by atoms with Gasteiger partial charge in [-0.15, -0.1) is 11.3 Å². The first-order valence-corrected chi connectivity index (χ1v) is 18.6. The van der Waals surface area contributed by atoms with E-state index in [1.165, 1.54) is 29.9 Å². The minimum absolute atomic E-state index is 0.0871. The second-order valence-electron chi connectivity index (χ2n) is 12.3. The number of carboxylic acids is 1. The summed E-state index contributed by atoms with van der Waals surface area (Å²) in [5.41, 5.74) is 3.04. The fourth-order valence-electron chi connectivity index (χ4n) is 5.88. The molecule has 0 saturated carbocycles. The van der Waals surface area contributed by atoms with Crippen LogP contribution in [0.4, 0.5) is 13.2 Å². The molecule has 4 heterocycles. The summed E-state index contributed by atoms with van der Waals surface area (Å²) in [6.45, 7) is 5.77. The van der Waals surface area contributed by atoms with E-state index in [1.807, 2.05) is 19.1 Å². The van der Waals surface area contributed by atoms with Gasteiger partial charge in [0.1, 0.15) is 42.4 Å². The van der Waals surface area contributed by atoms with Crippen LogP contribution in [0.1, 0.15) is 16.8 Å². The van der Waals surface area contributed by atoms with E-state index in [4.69, 9.17) is 25.8 Å². The van der Waals surface area contributed by atoms with Crippen LogP contribution in [0.2, 0.25) is 5.02 Å². The summed E-state index contributed by atoms with van der Waals surface area (Å²) >= 11 is 10.5. The van der Waals surface area contributed by atoms with E-state index in [2.05, 4.69) is 54.5 Å². The highest BCUT2D eigenvalue weighted by Crippen LogP contribution is 2.46. The summed E-state index contributed by atoms with van der Waals surface area (Å²) < 4.78 is 58.9. The Bertz CT molecular complexity index is 2040. The number of halogens is 5. The number of likely N-dealkylation sites (N-methyl/N-ethyl adjacent to an activating group) is 1. The number of aliphatic carboxylic acids is 1. The van der Waals surface area contributed by atoms with E-state index in [-0.39, 0.29) is 24.6 Å². The monoisotopic (exact) mass is 870 g/mol. The maximum absolute atomic E-state index is 13.0. The number of hydrogen-bond donors (Lipinski definition) is 1. The Morgan fingerprint density at radius 3 is 2.60 bits per heavy atom. The Morgan fingerprint density at radius 1 is 1.08 bits per heavy atom. The van der Waals surface area contributed by atoms with Crippen LogP contribution >= 0.6 is 45.5 Å². The third-order valence-electron chi connectivity index (χ3n) is 8.71. The molecule has 1 aliphatic rings. The molecule has 2 aromatic carbocycles. The molecule has 1 saturated heterocycles. The Hall–Kier alpha value is -3.71. The zero-order chi connectivity index (χ0) is 37.0. The normalized spacial score (nSPS) is 14.8. The number of aromatic nitrogens is 4. The highest BCUT2D eigenvalue weighted by Gasteiger charge is 2.30. The van der Waals surface area contributed by atoms with E-state index in [9.17, 15) is 23.1 Å². The molecule has 1 aliphatic heterocycles. The Kier molecular flexibility index (Phi) is 12.1. The lowest BCUT2D eigenvalue weighted by Gasteiger charge is -2.32. The van der Waals surface area contributed by atoms with Gasteiger partial charge in [0.25, 0.3) is 0 Å². The second kappa shape index (κ2) is 16.5. The molecular weight excluding hydrogens is 836 g/mol. The van der Waals surface area contributed by atoms with Crippen LogP contribution in [0, 0.1) is 9.81 Å². The van der Waals surface area contributed by atoms with Gasteiger partial charge in [-0.25, -0.2) is 14.8 Å². The van der Waals surface area contributed by atoms with Crippen molar-refractivity contribution >= 4 is 61.7 Å². The number of benzene rings is 2. The average molecular weight is 871 g/mol. The predicted octanol–water partition coefficient (Wildman–Crippen LogP) is 6.96. The molecule has 6 rings (SSSR count). The number of carboxylic acid groups (broad SMARTS) is 1. The number of carbonyl (C=O) groups is 1. The van der Waals surface area contributed by atoms with Crippen molar-refractivity contribution in [2.24, 2.45) is 0 Å².